The average Bonchev–Trinajstić information content (AvgIpc) is 3.29. The number of ether oxygens (including phenoxy) is 3. The van der Waals surface area contributed by atoms with E-state index in [2.05, 4.69) is 37.8 Å². The molecule has 3 atom stereocenters. The molecule has 176 valence electrons. The van der Waals surface area contributed by atoms with Gasteiger partial charge in [0.25, 0.3) is 0 Å². The Morgan fingerprint density at radius 2 is 1.65 bits per heavy atom. The van der Waals surface area contributed by atoms with Crippen molar-refractivity contribution >= 4 is 17.8 Å². The van der Waals surface area contributed by atoms with Crippen molar-refractivity contribution in [3.8, 4) is 0 Å². The quantitative estimate of drug-likeness (QED) is 0.320. The Balaban J connectivity index is 1.52. The minimum Gasteiger partial charge on any atom is -0.378 e. The fourth-order valence-corrected chi connectivity index (χ4v) is 3.95. The van der Waals surface area contributed by atoms with Crippen LogP contribution in [0.15, 0.2) is 0 Å². The van der Waals surface area contributed by atoms with Crippen molar-refractivity contribution in [1.82, 2.24) is 15.0 Å². The van der Waals surface area contributed by atoms with Crippen LogP contribution in [0.4, 0.5) is 17.8 Å². The first-order chi connectivity index (χ1) is 15.2. The second-order valence-corrected chi connectivity index (χ2v) is 8.27. The summed E-state index contributed by atoms with van der Waals surface area (Å²) in [5.74, 6) is 2.33. The Hall–Kier alpha value is -1.75. The van der Waals surface area contributed by atoms with Gasteiger partial charge in [0.05, 0.1) is 32.5 Å². The summed E-state index contributed by atoms with van der Waals surface area (Å²) >= 11 is 0. The molecule has 0 amide bonds. The van der Waals surface area contributed by atoms with Gasteiger partial charge in [0, 0.05) is 32.3 Å². The standard InChI is InChI=1S/C21H39N7O3/c1-16-5-2-3-7-18(16)25-21-27-19(23-9-12-30-14-13-29-11-8-22)26-20(28-21)24-15-17-6-4-10-31-17/h16-18H,2-15,22H2,1H3,(H3,23,24,25,26,27,28). The molecule has 1 aromatic rings. The van der Waals surface area contributed by atoms with E-state index in [-0.39, 0.29) is 6.10 Å². The average molecular weight is 438 g/mol. The molecule has 0 bridgehead atoms. The van der Waals surface area contributed by atoms with Crippen LogP contribution in [-0.2, 0) is 14.2 Å². The highest BCUT2D eigenvalue weighted by molar-refractivity contribution is 5.42. The van der Waals surface area contributed by atoms with Crippen molar-refractivity contribution in [2.45, 2.75) is 57.6 Å². The van der Waals surface area contributed by atoms with Gasteiger partial charge in [0.15, 0.2) is 0 Å². The number of hydrogen-bond donors (Lipinski definition) is 4. The van der Waals surface area contributed by atoms with Gasteiger partial charge in [-0.15, -0.1) is 0 Å². The third kappa shape index (κ3) is 8.72. The van der Waals surface area contributed by atoms with Crippen LogP contribution >= 0.6 is 0 Å². The number of anilines is 3. The molecule has 1 saturated carbocycles. The molecule has 0 spiro atoms. The molecule has 0 radical (unpaired) electrons. The van der Waals surface area contributed by atoms with E-state index in [9.17, 15) is 0 Å². The van der Waals surface area contributed by atoms with E-state index < -0.39 is 0 Å². The fraction of sp³-hybridized carbons (Fsp3) is 0.857. The minimum atomic E-state index is 0.220. The molecule has 1 aromatic heterocycles. The lowest BCUT2D eigenvalue weighted by atomic mass is 9.86. The van der Waals surface area contributed by atoms with Gasteiger partial charge in [0.1, 0.15) is 0 Å². The number of nitrogens with zero attached hydrogens (tertiary/aromatic N) is 3. The SMILES string of the molecule is CC1CCCCC1Nc1nc(NCCOCCOCCN)nc(NCC2CCCO2)n1. The Kier molecular flexibility index (Phi) is 10.5. The first-order valence-electron chi connectivity index (χ1n) is 11.7. The summed E-state index contributed by atoms with van der Waals surface area (Å²) < 4.78 is 16.6. The molecule has 2 aliphatic rings. The molecule has 2 fully saturated rings. The summed E-state index contributed by atoms with van der Waals surface area (Å²) in [4.78, 5) is 13.7. The van der Waals surface area contributed by atoms with E-state index in [1.54, 1.807) is 0 Å². The first kappa shape index (κ1) is 23.9. The van der Waals surface area contributed by atoms with Gasteiger partial charge in [-0.1, -0.05) is 19.8 Å². The summed E-state index contributed by atoms with van der Waals surface area (Å²) in [6, 6.07) is 0.395. The highest BCUT2D eigenvalue weighted by atomic mass is 16.5. The summed E-state index contributed by atoms with van der Waals surface area (Å²) in [5, 5.41) is 10.1. The predicted octanol–water partition coefficient (Wildman–Crippen LogP) is 1.86. The van der Waals surface area contributed by atoms with Gasteiger partial charge >= 0.3 is 0 Å². The summed E-state index contributed by atoms with van der Waals surface area (Å²) in [5.41, 5.74) is 5.39. The number of aromatic nitrogens is 3. The molecule has 5 N–H and O–H groups in total. The monoisotopic (exact) mass is 437 g/mol. The molecule has 10 heteroatoms. The highest BCUT2D eigenvalue weighted by Crippen LogP contribution is 2.26. The zero-order chi connectivity index (χ0) is 21.7. The Morgan fingerprint density at radius 1 is 0.903 bits per heavy atom. The molecule has 2 heterocycles. The van der Waals surface area contributed by atoms with Crippen molar-refractivity contribution in [3.63, 3.8) is 0 Å². The lowest BCUT2D eigenvalue weighted by Gasteiger charge is -2.29. The summed E-state index contributed by atoms with van der Waals surface area (Å²) in [6.45, 7) is 7.15. The number of nitrogens with two attached hydrogens (primary N) is 1. The molecule has 31 heavy (non-hydrogen) atoms. The Morgan fingerprint density at radius 3 is 2.39 bits per heavy atom. The van der Waals surface area contributed by atoms with E-state index in [4.69, 9.17) is 19.9 Å². The lowest BCUT2D eigenvalue weighted by molar-refractivity contribution is 0.0547. The zero-order valence-corrected chi connectivity index (χ0v) is 18.8. The van der Waals surface area contributed by atoms with Crippen LogP contribution in [0.1, 0.15) is 45.4 Å². The van der Waals surface area contributed by atoms with E-state index in [0.29, 0.717) is 75.9 Å². The van der Waals surface area contributed by atoms with Gasteiger partial charge in [-0.2, -0.15) is 15.0 Å². The third-order valence-corrected chi connectivity index (χ3v) is 5.74. The largest absolute Gasteiger partial charge is 0.378 e. The smallest absolute Gasteiger partial charge is 0.229 e. The van der Waals surface area contributed by atoms with Crippen LogP contribution in [0, 0.1) is 5.92 Å². The number of hydrogen-bond acceptors (Lipinski definition) is 10. The second-order valence-electron chi connectivity index (χ2n) is 8.27. The third-order valence-electron chi connectivity index (χ3n) is 5.74. The molecular formula is C21H39N7O3. The predicted molar refractivity (Wildman–Crippen MR) is 122 cm³/mol. The topological polar surface area (TPSA) is 128 Å². The number of rotatable bonds is 14. The molecule has 10 nitrogen and oxygen atoms in total. The van der Waals surface area contributed by atoms with E-state index in [1.807, 2.05) is 0 Å². The lowest BCUT2D eigenvalue weighted by Crippen LogP contribution is -2.31. The molecule has 1 aliphatic carbocycles. The van der Waals surface area contributed by atoms with Crippen molar-refractivity contribution in [2.24, 2.45) is 11.7 Å². The van der Waals surface area contributed by atoms with Gasteiger partial charge in [-0.25, -0.2) is 0 Å². The van der Waals surface area contributed by atoms with E-state index >= 15 is 0 Å². The van der Waals surface area contributed by atoms with Crippen molar-refractivity contribution in [1.29, 1.82) is 0 Å². The molecule has 0 aromatic carbocycles. The van der Waals surface area contributed by atoms with Crippen LogP contribution in [0.2, 0.25) is 0 Å². The maximum absolute atomic E-state index is 5.70. The van der Waals surface area contributed by atoms with Gasteiger partial charge in [-0.3, -0.25) is 0 Å². The van der Waals surface area contributed by atoms with Crippen LogP contribution in [0.25, 0.3) is 0 Å². The number of nitrogens with one attached hydrogen (secondary N) is 3. The van der Waals surface area contributed by atoms with Gasteiger partial charge in [0.2, 0.25) is 17.8 Å². The fourth-order valence-electron chi connectivity index (χ4n) is 3.95. The van der Waals surface area contributed by atoms with Gasteiger partial charge < -0.3 is 35.9 Å². The molecule has 3 unspecified atom stereocenters. The highest BCUT2D eigenvalue weighted by Gasteiger charge is 2.22. The normalized spacial score (nSPS) is 23.6. The molecule has 3 rings (SSSR count). The summed E-state index contributed by atoms with van der Waals surface area (Å²) in [6.07, 6.45) is 7.33. The van der Waals surface area contributed by atoms with Crippen LogP contribution < -0.4 is 21.7 Å². The van der Waals surface area contributed by atoms with Gasteiger partial charge in [-0.05, 0) is 31.6 Å². The molecule has 1 saturated heterocycles. The van der Waals surface area contributed by atoms with E-state index in [0.717, 1.165) is 25.9 Å². The Labute approximate surface area is 185 Å². The zero-order valence-electron chi connectivity index (χ0n) is 18.8. The molecular weight excluding hydrogens is 398 g/mol. The summed E-state index contributed by atoms with van der Waals surface area (Å²) in [7, 11) is 0. The molecule has 1 aliphatic heterocycles. The van der Waals surface area contributed by atoms with Crippen LogP contribution in [0.3, 0.4) is 0 Å². The van der Waals surface area contributed by atoms with E-state index in [1.165, 1.54) is 19.3 Å². The van der Waals surface area contributed by atoms with Crippen molar-refractivity contribution in [2.75, 3.05) is 68.6 Å². The second kappa shape index (κ2) is 13.6. The van der Waals surface area contributed by atoms with Crippen LogP contribution in [0.5, 0.6) is 0 Å². The first-order valence-corrected chi connectivity index (χ1v) is 11.7. The Bertz CT molecular complexity index is 631. The maximum atomic E-state index is 5.70. The minimum absolute atomic E-state index is 0.220. The van der Waals surface area contributed by atoms with Crippen molar-refractivity contribution < 1.29 is 14.2 Å². The van der Waals surface area contributed by atoms with Crippen LogP contribution in [-0.4, -0.2) is 79.8 Å². The van der Waals surface area contributed by atoms with Crippen molar-refractivity contribution in [3.05, 3.63) is 0 Å². The maximum Gasteiger partial charge on any atom is 0.229 e.